The van der Waals surface area contributed by atoms with Crippen molar-refractivity contribution >= 4 is 5.97 Å². The summed E-state index contributed by atoms with van der Waals surface area (Å²) in [7, 11) is 1.36. The lowest BCUT2D eigenvalue weighted by Crippen LogP contribution is -1.97. The number of carboxylic acids is 1. The maximum atomic E-state index is 10.3. The molecule has 0 atom stereocenters. The van der Waals surface area contributed by atoms with Gasteiger partial charge in [-0.15, -0.1) is 0 Å². The van der Waals surface area contributed by atoms with E-state index in [1.165, 1.54) is 19.2 Å². The number of rotatable bonds is 4. The maximum absolute atomic E-state index is 10.3. The van der Waals surface area contributed by atoms with E-state index in [4.69, 9.17) is 9.84 Å². The third-order valence-electron chi connectivity index (χ3n) is 1.96. The Morgan fingerprint density at radius 2 is 2.07 bits per heavy atom. The minimum Gasteiger partial charge on any atom is -0.504 e. The largest absolute Gasteiger partial charge is 0.504 e. The minimum atomic E-state index is -0.915. The summed E-state index contributed by atoms with van der Waals surface area (Å²) < 4.78 is 4.82. The van der Waals surface area contributed by atoms with Crippen LogP contribution in [0, 0.1) is 0 Å². The van der Waals surface area contributed by atoms with E-state index in [-0.39, 0.29) is 30.1 Å². The molecule has 0 aliphatic rings. The Morgan fingerprint density at radius 1 is 1.40 bits per heavy atom. The SMILES string of the molecule is COc1cc(CCC(=O)O)cc(O)c1O. The van der Waals surface area contributed by atoms with E-state index in [9.17, 15) is 15.0 Å². The molecular weight excluding hydrogens is 200 g/mol. The van der Waals surface area contributed by atoms with Gasteiger partial charge in [-0.2, -0.15) is 0 Å². The maximum Gasteiger partial charge on any atom is 0.303 e. The normalized spacial score (nSPS) is 9.93. The smallest absolute Gasteiger partial charge is 0.303 e. The summed E-state index contributed by atoms with van der Waals surface area (Å²) in [4.78, 5) is 10.3. The lowest BCUT2D eigenvalue weighted by molar-refractivity contribution is -0.136. The first-order valence-electron chi connectivity index (χ1n) is 4.35. The van der Waals surface area contributed by atoms with Crippen LogP contribution in [0.4, 0.5) is 0 Å². The monoisotopic (exact) mass is 212 g/mol. The number of carboxylic acid groups (broad SMARTS) is 1. The van der Waals surface area contributed by atoms with Crippen molar-refractivity contribution < 1.29 is 24.9 Å². The fraction of sp³-hybridized carbons (Fsp3) is 0.300. The first-order chi connectivity index (χ1) is 7.04. The molecule has 82 valence electrons. The van der Waals surface area contributed by atoms with Gasteiger partial charge in [0.1, 0.15) is 0 Å². The van der Waals surface area contributed by atoms with E-state index < -0.39 is 5.97 Å². The van der Waals surface area contributed by atoms with Crippen LogP contribution in [0.15, 0.2) is 12.1 Å². The van der Waals surface area contributed by atoms with Crippen molar-refractivity contribution in [2.45, 2.75) is 12.8 Å². The summed E-state index contributed by atoms with van der Waals surface area (Å²) in [5.74, 6) is -1.43. The van der Waals surface area contributed by atoms with Crippen molar-refractivity contribution in [1.82, 2.24) is 0 Å². The second-order valence-electron chi connectivity index (χ2n) is 3.06. The number of phenols is 2. The number of ether oxygens (including phenoxy) is 1. The lowest BCUT2D eigenvalue weighted by atomic mass is 10.1. The molecule has 0 saturated heterocycles. The van der Waals surface area contributed by atoms with E-state index in [0.29, 0.717) is 5.56 Å². The van der Waals surface area contributed by atoms with Crippen molar-refractivity contribution in [3.05, 3.63) is 17.7 Å². The van der Waals surface area contributed by atoms with Crippen LogP contribution in [-0.4, -0.2) is 28.4 Å². The summed E-state index contributed by atoms with van der Waals surface area (Å²) in [6.45, 7) is 0. The first kappa shape index (κ1) is 11.2. The fourth-order valence-corrected chi connectivity index (χ4v) is 1.20. The highest BCUT2D eigenvalue weighted by atomic mass is 16.5. The van der Waals surface area contributed by atoms with Crippen LogP contribution in [0.3, 0.4) is 0 Å². The molecule has 1 rings (SSSR count). The number of phenolic OH excluding ortho intramolecular Hbond substituents is 2. The van der Waals surface area contributed by atoms with Gasteiger partial charge in [0.25, 0.3) is 0 Å². The van der Waals surface area contributed by atoms with Crippen LogP contribution in [0.1, 0.15) is 12.0 Å². The number of hydrogen-bond donors (Lipinski definition) is 3. The van der Waals surface area contributed by atoms with Crippen LogP contribution in [0.25, 0.3) is 0 Å². The van der Waals surface area contributed by atoms with Crippen molar-refractivity contribution in [2.75, 3.05) is 7.11 Å². The Hall–Kier alpha value is -1.91. The molecule has 15 heavy (non-hydrogen) atoms. The molecular formula is C10H12O5. The topological polar surface area (TPSA) is 87.0 Å². The van der Waals surface area contributed by atoms with E-state index in [1.54, 1.807) is 0 Å². The summed E-state index contributed by atoms with van der Waals surface area (Å²) in [6, 6.07) is 2.82. The van der Waals surface area contributed by atoms with E-state index in [1.807, 2.05) is 0 Å². The highest BCUT2D eigenvalue weighted by molar-refractivity contribution is 5.67. The first-order valence-corrected chi connectivity index (χ1v) is 4.35. The van der Waals surface area contributed by atoms with Gasteiger partial charge in [0.05, 0.1) is 7.11 Å². The Kier molecular flexibility index (Phi) is 3.38. The summed E-state index contributed by atoms with van der Waals surface area (Å²) in [6.07, 6.45) is 0.243. The van der Waals surface area contributed by atoms with Gasteiger partial charge < -0.3 is 20.1 Å². The van der Waals surface area contributed by atoms with Crippen molar-refractivity contribution in [3.63, 3.8) is 0 Å². The number of benzene rings is 1. The molecule has 0 radical (unpaired) electrons. The average Bonchev–Trinajstić information content (AvgIpc) is 2.19. The fourth-order valence-electron chi connectivity index (χ4n) is 1.20. The molecule has 0 aliphatic heterocycles. The Morgan fingerprint density at radius 3 is 2.60 bits per heavy atom. The van der Waals surface area contributed by atoms with E-state index >= 15 is 0 Å². The van der Waals surface area contributed by atoms with Crippen LogP contribution in [0.2, 0.25) is 0 Å². The van der Waals surface area contributed by atoms with Crippen LogP contribution in [0.5, 0.6) is 17.2 Å². The molecule has 0 unspecified atom stereocenters. The predicted molar refractivity (Wildman–Crippen MR) is 52.3 cm³/mol. The minimum absolute atomic E-state index is 0.0344. The van der Waals surface area contributed by atoms with Crippen LogP contribution < -0.4 is 4.74 Å². The third-order valence-corrected chi connectivity index (χ3v) is 1.96. The molecule has 5 heteroatoms. The molecule has 3 N–H and O–H groups in total. The lowest BCUT2D eigenvalue weighted by Gasteiger charge is -2.07. The van der Waals surface area contributed by atoms with Crippen molar-refractivity contribution in [2.24, 2.45) is 0 Å². The molecule has 0 saturated carbocycles. The average molecular weight is 212 g/mol. The molecule has 1 aromatic rings. The number of aryl methyl sites for hydroxylation is 1. The molecule has 0 heterocycles. The zero-order valence-corrected chi connectivity index (χ0v) is 8.23. The van der Waals surface area contributed by atoms with Crippen molar-refractivity contribution in [1.29, 1.82) is 0 Å². The Bertz CT molecular complexity index is 372. The number of aromatic hydroxyl groups is 2. The highest BCUT2D eigenvalue weighted by Gasteiger charge is 2.10. The standard InChI is InChI=1S/C10H12O5/c1-15-8-5-6(2-3-9(12)13)4-7(11)10(8)14/h4-5,11,14H,2-3H2,1H3,(H,12,13). The highest BCUT2D eigenvalue weighted by Crippen LogP contribution is 2.36. The van der Waals surface area contributed by atoms with Crippen LogP contribution >= 0.6 is 0 Å². The Balaban J connectivity index is 2.90. The number of aliphatic carboxylic acids is 1. The zero-order chi connectivity index (χ0) is 11.4. The number of hydrogen-bond acceptors (Lipinski definition) is 4. The van der Waals surface area contributed by atoms with Gasteiger partial charge in [0, 0.05) is 6.42 Å². The van der Waals surface area contributed by atoms with Gasteiger partial charge in [-0.1, -0.05) is 0 Å². The molecule has 0 bridgehead atoms. The number of methoxy groups -OCH3 is 1. The molecule has 0 aliphatic carbocycles. The second-order valence-corrected chi connectivity index (χ2v) is 3.06. The molecule has 1 aromatic carbocycles. The van der Waals surface area contributed by atoms with Crippen molar-refractivity contribution in [3.8, 4) is 17.2 Å². The third kappa shape index (κ3) is 2.77. The quantitative estimate of drug-likeness (QED) is 0.651. The van der Waals surface area contributed by atoms with Gasteiger partial charge in [-0.3, -0.25) is 4.79 Å². The van der Waals surface area contributed by atoms with Gasteiger partial charge in [0.2, 0.25) is 5.75 Å². The van der Waals surface area contributed by atoms with Gasteiger partial charge in [-0.05, 0) is 24.1 Å². The Labute approximate surface area is 86.5 Å². The molecule has 0 fully saturated rings. The predicted octanol–water partition coefficient (Wildman–Crippen LogP) is 1.12. The summed E-state index contributed by atoms with van der Waals surface area (Å²) >= 11 is 0. The van der Waals surface area contributed by atoms with Gasteiger partial charge in [0.15, 0.2) is 11.5 Å². The summed E-state index contributed by atoms with van der Waals surface area (Å²) in [5, 5.41) is 27.1. The molecule has 5 nitrogen and oxygen atoms in total. The van der Waals surface area contributed by atoms with E-state index in [2.05, 4.69) is 0 Å². The van der Waals surface area contributed by atoms with Gasteiger partial charge >= 0.3 is 5.97 Å². The molecule has 0 spiro atoms. The zero-order valence-electron chi connectivity index (χ0n) is 8.23. The number of carbonyl (C=O) groups is 1. The van der Waals surface area contributed by atoms with Crippen LogP contribution in [-0.2, 0) is 11.2 Å². The second kappa shape index (κ2) is 4.54. The summed E-state index contributed by atoms with van der Waals surface area (Å²) in [5.41, 5.74) is 0.601. The molecule has 0 amide bonds. The molecule has 0 aromatic heterocycles. The van der Waals surface area contributed by atoms with E-state index in [0.717, 1.165) is 0 Å². The van der Waals surface area contributed by atoms with Gasteiger partial charge in [-0.25, -0.2) is 0 Å².